The van der Waals surface area contributed by atoms with Gasteiger partial charge in [-0.25, -0.2) is 4.79 Å². The summed E-state index contributed by atoms with van der Waals surface area (Å²) in [6, 6.07) is 5.19. The third kappa shape index (κ3) is 9.90. The van der Waals surface area contributed by atoms with Gasteiger partial charge < -0.3 is 44.5 Å². The Morgan fingerprint density at radius 3 is 2.55 bits per heavy atom. The molecular weight excluding hydrogens is 720 g/mol. The molecule has 2 saturated carbocycles. The van der Waals surface area contributed by atoms with E-state index in [4.69, 9.17) is 23.7 Å². The van der Waals surface area contributed by atoms with Crippen molar-refractivity contribution in [2.45, 2.75) is 154 Å². The van der Waals surface area contributed by atoms with Crippen LogP contribution < -0.4 is 10.6 Å². The molecule has 1 aromatic carbocycles. The summed E-state index contributed by atoms with van der Waals surface area (Å²) in [6.45, 7) is 13.0. The molecule has 308 valence electrons. The number of amides is 2. The summed E-state index contributed by atoms with van der Waals surface area (Å²) in [6.07, 6.45) is 5.98. The fourth-order valence-electron chi connectivity index (χ4n) is 8.93. The highest BCUT2D eigenvalue weighted by molar-refractivity contribution is 5.98. The van der Waals surface area contributed by atoms with Crippen molar-refractivity contribution in [3.05, 3.63) is 52.6 Å². The number of carbonyl (C=O) groups excluding carboxylic acids is 4. The van der Waals surface area contributed by atoms with E-state index >= 15 is 0 Å². The molecule has 5 aliphatic rings. The number of fused-ring (bicyclic) bond motifs is 3. The lowest BCUT2D eigenvalue weighted by molar-refractivity contribution is -0.155. The molecule has 4 N–H and O–H groups in total. The zero-order valence-electron chi connectivity index (χ0n) is 33.8. The zero-order valence-corrected chi connectivity index (χ0v) is 33.8. The molecule has 2 aliphatic heterocycles. The monoisotopic (exact) mass is 780 g/mol. The summed E-state index contributed by atoms with van der Waals surface area (Å²) in [7, 11) is 0. The van der Waals surface area contributed by atoms with E-state index in [2.05, 4.69) is 37.5 Å². The van der Waals surface area contributed by atoms with E-state index in [1.54, 1.807) is 32.9 Å². The molecule has 1 aromatic rings. The van der Waals surface area contributed by atoms with E-state index in [1.807, 2.05) is 18.2 Å². The molecule has 10 atom stereocenters. The molecule has 1 unspecified atom stereocenters. The smallest absolute Gasteiger partial charge is 0.338 e. The molecule has 3 aliphatic carbocycles. The quantitative estimate of drug-likeness (QED) is 0.173. The predicted octanol–water partition coefficient (Wildman–Crippen LogP) is 4.53. The molecule has 13 heteroatoms. The molecule has 0 bridgehead atoms. The molecule has 0 spiro atoms. The normalized spacial score (nSPS) is 31.6. The molecule has 56 heavy (non-hydrogen) atoms. The number of allylic oxidation sites excluding steroid dienone is 1. The lowest BCUT2D eigenvalue weighted by Gasteiger charge is -2.53. The van der Waals surface area contributed by atoms with Crippen molar-refractivity contribution in [3.8, 4) is 0 Å². The molecular formula is C43H60N2O11. The van der Waals surface area contributed by atoms with Gasteiger partial charge in [0, 0.05) is 18.4 Å². The number of carbonyl (C=O) groups is 4. The molecule has 0 radical (unpaired) electrons. The SMILES string of the molecule is C[C@H](O)[C@@H](NC(=O)C1=C[C@H]2OCO[C@H]2[C@H](OC(=O)c2cccc(C=C3CCC4O[C@]4(C)CC[C@@H]4[C@@H]3CC4(C)C)c2)C1)C(=O)N[C@H](CO)CCC(=O)OC(C)(C)C. The summed E-state index contributed by atoms with van der Waals surface area (Å²) in [5, 5.41) is 25.6. The topological polar surface area (TPSA) is 182 Å². The first kappa shape index (κ1) is 42.0. The second-order valence-corrected chi connectivity index (χ2v) is 18.2. The van der Waals surface area contributed by atoms with Crippen LogP contribution in [0.3, 0.4) is 0 Å². The lowest BCUT2D eigenvalue weighted by Crippen LogP contribution is -2.55. The molecule has 0 aromatic heterocycles. The highest BCUT2D eigenvalue weighted by Gasteiger charge is 2.56. The number of ether oxygens (including phenoxy) is 5. The van der Waals surface area contributed by atoms with Gasteiger partial charge in [-0.15, -0.1) is 0 Å². The largest absolute Gasteiger partial charge is 0.460 e. The summed E-state index contributed by atoms with van der Waals surface area (Å²) in [4.78, 5) is 52.7. The third-order valence-corrected chi connectivity index (χ3v) is 12.2. The van der Waals surface area contributed by atoms with Gasteiger partial charge in [0.15, 0.2) is 0 Å². The van der Waals surface area contributed by atoms with Crippen LogP contribution in [0.5, 0.6) is 0 Å². The van der Waals surface area contributed by atoms with Crippen LogP contribution in [-0.4, -0.2) is 101 Å². The Kier molecular flexibility index (Phi) is 12.5. The Morgan fingerprint density at radius 1 is 1.09 bits per heavy atom. The fourth-order valence-corrected chi connectivity index (χ4v) is 8.93. The number of rotatable bonds is 12. The predicted molar refractivity (Wildman–Crippen MR) is 206 cm³/mol. The standard InChI is InChI=1S/C43H60N2O11/c1-24(47)36(39(50)44-29(22-46)12-14-35(48)56-41(2,3)4)45-38(49)28-19-32-37(53-23-52-32)33(20-28)54-40(51)27-10-8-9-25(18-27)17-26-11-13-34-43(7,55-34)16-15-31-30(26)21-42(31,5)6/h8-10,17-19,24,29-34,36-37,46-47H,11-16,20-23H2,1-7H3,(H,44,50)(H,45,49)/t24-,29-,30+,31+,32+,33+,34?,36+,37+,43+/m0/s1. The minimum atomic E-state index is -1.39. The Balaban J connectivity index is 1.09. The van der Waals surface area contributed by atoms with Crippen molar-refractivity contribution in [2.24, 2.45) is 17.3 Å². The van der Waals surface area contributed by atoms with Gasteiger partial charge in [0.05, 0.1) is 36.0 Å². The average Bonchev–Trinajstić information content (AvgIpc) is 3.50. The van der Waals surface area contributed by atoms with Crippen molar-refractivity contribution in [1.29, 1.82) is 0 Å². The maximum atomic E-state index is 13.7. The van der Waals surface area contributed by atoms with E-state index in [-0.39, 0.29) is 42.6 Å². The van der Waals surface area contributed by atoms with Crippen molar-refractivity contribution < 1.29 is 53.1 Å². The Morgan fingerprint density at radius 2 is 1.86 bits per heavy atom. The highest BCUT2D eigenvalue weighted by atomic mass is 16.7. The van der Waals surface area contributed by atoms with Gasteiger partial charge in [0.25, 0.3) is 0 Å². The maximum Gasteiger partial charge on any atom is 0.338 e. The van der Waals surface area contributed by atoms with Gasteiger partial charge in [0.1, 0.15) is 36.7 Å². The lowest BCUT2D eigenvalue weighted by atomic mass is 9.52. The second-order valence-electron chi connectivity index (χ2n) is 18.2. The number of hydrogen-bond acceptors (Lipinski definition) is 11. The van der Waals surface area contributed by atoms with Gasteiger partial charge in [-0.05, 0) is 114 Å². The first-order valence-electron chi connectivity index (χ1n) is 20.1. The molecule has 2 amide bonds. The number of epoxide rings is 1. The van der Waals surface area contributed by atoms with Crippen LogP contribution in [0.15, 0.2) is 41.5 Å². The van der Waals surface area contributed by atoms with Crippen LogP contribution in [0.1, 0.15) is 116 Å². The zero-order chi connectivity index (χ0) is 40.6. The number of benzene rings is 1. The summed E-state index contributed by atoms with van der Waals surface area (Å²) in [5.74, 6) is -1.34. The number of hydrogen-bond donors (Lipinski definition) is 4. The van der Waals surface area contributed by atoms with E-state index < -0.39 is 72.5 Å². The van der Waals surface area contributed by atoms with E-state index in [0.29, 0.717) is 23.5 Å². The second kappa shape index (κ2) is 16.7. The number of nitrogens with one attached hydrogen (secondary N) is 2. The van der Waals surface area contributed by atoms with Gasteiger partial charge in [-0.2, -0.15) is 0 Å². The molecule has 13 nitrogen and oxygen atoms in total. The maximum absolute atomic E-state index is 13.7. The van der Waals surface area contributed by atoms with Crippen molar-refractivity contribution in [1.82, 2.24) is 10.6 Å². The first-order valence-corrected chi connectivity index (χ1v) is 20.1. The van der Waals surface area contributed by atoms with Crippen molar-refractivity contribution in [2.75, 3.05) is 13.4 Å². The van der Waals surface area contributed by atoms with Crippen molar-refractivity contribution >= 4 is 29.8 Å². The van der Waals surface area contributed by atoms with Gasteiger partial charge >= 0.3 is 11.9 Å². The van der Waals surface area contributed by atoms with Crippen LogP contribution >= 0.6 is 0 Å². The van der Waals surface area contributed by atoms with Crippen LogP contribution in [0.2, 0.25) is 0 Å². The van der Waals surface area contributed by atoms with Crippen LogP contribution in [0.25, 0.3) is 6.08 Å². The van der Waals surface area contributed by atoms with E-state index in [1.165, 1.54) is 12.5 Å². The number of aliphatic hydroxyl groups excluding tert-OH is 2. The summed E-state index contributed by atoms with van der Waals surface area (Å²) >= 11 is 0. The highest BCUT2D eigenvalue weighted by Crippen LogP contribution is 2.59. The Bertz CT molecular complexity index is 1710. The molecule has 2 saturated heterocycles. The van der Waals surface area contributed by atoms with Crippen LogP contribution in [-0.2, 0) is 38.1 Å². The average molecular weight is 781 g/mol. The molecule has 4 fully saturated rings. The van der Waals surface area contributed by atoms with E-state index in [9.17, 15) is 29.4 Å². The first-order chi connectivity index (χ1) is 26.4. The summed E-state index contributed by atoms with van der Waals surface area (Å²) in [5.41, 5.74) is 2.51. The van der Waals surface area contributed by atoms with Gasteiger partial charge in [-0.3, -0.25) is 14.4 Å². The third-order valence-electron chi connectivity index (χ3n) is 12.2. The number of esters is 2. The molecule has 2 heterocycles. The summed E-state index contributed by atoms with van der Waals surface area (Å²) < 4.78 is 28.9. The number of aliphatic hydroxyl groups is 2. The van der Waals surface area contributed by atoms with Crippen molar-refractivity contribution in [3.63, 3.8) is 0 Å². The Hall–Kier alpha value is -3.62. The minimum Gasteiger partial charge on any atom is -0.460 e. The van der Waals surface area contributed by atoms with Gasteiger partial charge in [0.2, 0.25) is 11.8 Å². The molecule has 6 rings (SSSR count). The van der Waals surface area contributed by atoms with Crippen LogP contribution in [0.4, 0.5) is 0 Å². The van der Waals surface area contributed by atoms with Gasteiger partial charge in [-0.1, -0.05) is 37.6 Å². The Labute approximate surface area is 329 Å². The minimum absolute atomic E-state index is 0.000350. The fraction of sp³-hybridized carbons (Fsp3) is 0.674. The van der Waals surface area contributed by atoms with E-state index in [0.717, 1.165) is 37.7 Å². The van der Waals surface area contributed by atoms with Crippen LogP contribution in [0, 0.1) is 17.3 Å².